The Hall–Kier alpha value is -0.570. The first-order chi connectivity index (χ1) is 8.22. The number of carbonyl (C=O) groups excluding carboxylic acids is 1. The second-order valence-electron chi connectivity index (χ2n) is 5.64. The van der Waals surface area contributed by atoms with Gasteiger partial charge >= 0.3 is 0 Å². The van der Waals surface area contributed by atoms with E-state index in [0.717, 1.165) is 18.9 Å². The summed E-state index contributed by atoms with van der Waals surface area (Å²) in [6, 6.07) is 0.0198. The van der Waals surface area contributed by atoms with E-state index in [-0.39, 0.29) is 12.2 Å². The van der Waals surface area contributed by atoms with Crippen molar-refractivity contribution >= 4 is 5.91 Å². The number of hydrogen-bond acceptors (Lipinski definition) is 2. The van der Waals surface area contributed by atoms with Crippen molar-refractivity contribution in [1.82, 2.24) is 10.2 Å². The molecule has 2 atom stereocenters. The summed E-state index contributed by atoms with van der Waals surface area (Å²) in [5, 5.41) is 3.36. The van der Waals surface area contributed by atoms with E-state index < -0.39 is 0 Å². The maximum atomic E-state index is 12.0. The molecule has 2 rings (SSSR count). The van der Waals surface area contributed by atoms with E-state index >= 15 is 0 Å². The normalized spacial score (nSPS) is 30.5. The Morgan fingerprint density at radius 1 is 1.35 bits per heavy atom. The number of amides is 1. The minimum atomic E-state index is 0.0198. The van der Waals surface area contributed by atoms with Crippen molar-refractivity contribution in [3.8, 4) is 0 Å². The second kappa shape index (κ2) is 5.85. The Kier molecular flexibility index (Phi) is 4.43. The molecule has 98 valence electrons. The van der Waals surface area contributed by atoms with Crippen molar-refractivity contribution in [3.63, 3.8) is 0 Å². The van der Waals surface area contributed by atoms with E-state index in [9.17, 15) is 4.79 Å². The lowest BCUT2D eigenvalue weighted by Crippen LogP contribution is -2.37. The molecule has 2 aliphatic rings. The molecule has 1 N–H and O–H groups in total. The molecule has 2 fully saturated rings. The Morgan fingerprint density at radius 2 is 2.06 bits per heavy atom. The number of hydrogen-bond donors (Lipinski definition) is 1. The SMILES string of the molecule is CCC1NC(C)C(=O)N1CCCC1CCCC1. The Balaban J connectivity index is 1.74. The van der Waals surface area contributed by atoms with Gasteiger partial charge in [0.25, 0.3) is 0 Å². The van der Waals surface area contributed by atoms with Crippen molar-refractivity contribution in [1.29, 1.82) is 0 Å². The molecule has 17 heavy (non-hydrogen) atoms. The van der Waals surface area contributed by atoms with E-state index in [2.05, 4.69) is 17.1 Å². The minimum Gasteiger partial charge on any atom is -0.326 e. The number of nitrogens with one attached hydrogen (secondary N) is 1. The van der Waals surface area contributed by atoms with E-state index in [1.54, 1.807) is 0 Å². The molecule has 0 radical (unpaired) electrons. The summed E-state index contributed by atoms with van der Waals surface area (Å²) in [4.78, 5) is 14.0. The second-order valence-corrected chi connectivity index (χ2v) is 5.64. The highest BCUT2D eigenvalue weighted by molar-refractivity contribution is 5.83. The third-order valence-electron chi connectivity index (χ3n) is 4.34. The van der Waals surface area contributed by atoms with Gasteiger partial charge < -0.3 is 4.90 Å². The fraction of sp³-hybridized carbons (Fsp3) is 0.929. The number of nitrogens with zero attached hydrogens (tertiary/aromatic N) is 1. The average Bonchev–Trinajstić information content (AvgIpc) is 2.92. The van der Waals surface area contributed by atoms with E-state index in [1.165, 1.54) is 38.5 Å². The van der Waals surface area contributed by atoms with Crippen LogP contribution in [0.25, 0.3) is 0 Å². The first-order valence-corrected chi connectivity index (χ1v) is 7.29. The van der Waals surface area contributed by atoms with Crippen molar-refractivity contribution in [2.45, 2.75) is 71.0 Å². The van der Waals surface area contributed by atoms with Crippen LogP contribution in [0.5, 0.6) is 0 Å². The minimum absolute atomic E-state index is 0.0198. The van der Waals surface area contributed by atoms with Crippen LogP contribution in [0.4, 0.5) is 0 Å². The van der Waals surface area contributed by atoms with Crippen LogP contribution >= 0.6 is 0 Å². The van der Waals surface area contributed by atoms with Crippen LogP contribution in [-0.2, 0) is 4.79 Å². The molecule has 1 aliphatic heterocycles. The van der Waals surface area contributed by atoms with Crippen molar-refractivity contribution < 1.29 is 4.79 Å². The van der Waals surface area contributed by atoms with Gasteiger partial charge in [0.2, 0.25) is 5.91 Å². The van der Waals surface area contributed by atoms with Crippen LogP contribution in [-0.4, -0.2) is 29.6 Å². The maximum Gasteiger partial charge on any atom is 0.240 e. The number of rotatable bonds is 5. The van der Waals surface area contributed by atoms with Gasteiger partial charge in [-0.25, -0.2) is 0 Å². The lowest BCUT2D eigenvalue weighted by molar-refractivity contribution is -0.129. The lowest BCUT2D eigenvalue weighted by Gasteiger charge is -2.23. The van der Waals surface area contributed by atoms with Crippen molar-refractivity contribution in [2.24, 2.45) is 5.92 Å². The van der Waals surface area contributed by atoms with Gasteiger partial charge in [-0.1, -0.05) is 32.6 Å². The third kappa shape index (κ3) is 3.01. The summed E-state index contributed by atoms with van der Waals surface area (Å²) in [7, 11) is 0. The lowest BCUT2D eigenvalue weighted by atomic mass is 10.0. The molecule has 1 saturated heterocycles. The molecular formula is C14H26N2O. The van der Waals surface area contributed by atoms with Crippen molar-refractivity contribution in [3.05, 3.63) is 0 Å². The fourth-order valence-electron chi connectivity index (χ4n) is 3.31. The zero-order valence-corrected chi connectivity index (χ0v) is 11.2. The molecular weight excluding hydrogens is 212 g/mol. The smallest absolute Gasteiger partial charge is 0.240 e. The molecule has 3 nitrogen and oxygen atoms in total. The topological polar surface area (TPSA) is 32.3 Å². The molecule has 0 spiro atoms. The number of carbonyl (C=O) groups is 1. The largest absolute Gasteiger partial charge is 0.326 e. The van der Waals surface area contributed by atoms with Crippen LogP contribution in [0.3, 0.4) is 0 Å². The van der Waals surface area contributed by atoms with Gasteiger partial charge in [-0.2, -0.15) is 0 Å². The summed E-state index contributed by atoms with van der Waals surface area (Å²) >= 11 is 0. The molecule has 0 aromatic carbocycles. The highest BCUT2D eigenvalue weighted by Crippen LogP contribution is 2.28. The highest BCUT2D eigenvalue weighted by atomic mass is 16.2. The van der Waals surface area contributed by atoms with Crippen LogP contribution < -0.4 is 5.32 Å². The van der Waals surface area contributed by atoms with Gasteiger partial charge in [0.05, 0.1) is 12.2 Å². The standard InChI is InChI=1S/C14H26N2O/c1-3-13-15-11(2)14(17)16(13)10-6-9-12-7-4-5-8-12/h11-13,15H,3-10H2,1-2H3. The molecule has 1 heterocycles. The Labute approximate surface area is 105 Å². The molecule has 1 aliphatic carbocycles. The quantitative estimate of drug-likeness (QED) is 0.798. The van der Waals surface area contributed by atoms with Crippen LogP contribution in [0.2, 0.25) is 0 Å². The van der Waals surface area contributed by atoms with Crippen LogP contribution in [0.15, 0.2) is 0 Å². The third-order valence-corrected chi connectivity index (χ3v) is 4.34. The molecule has 0 aromatic heterocycles. The summed E-state index contributed by atoms with van der Waals surface area (Å²) in [6.45, 7) is 5.07. The summed E-state index contributed by atoms with van der Waals surface area (Å²) < 4.78 is 0. The summed E-state index contributed by atoms with van der Waals surface area (Å²) in [5.41, 5.74) is 0. The zero-order chi connectivity index (χ0) is 12.3. The summed E-state index contributed by atoms with van der Waals surface area (Å²) in [6.07, 6.45) is 9.46. The first kappa shape index (κ1) is 12.9. The highest BCUT2D eigenvalue weighted by Gasteiger charge is 2.34. The monoisotopic (exact) mass is 238 g/mol. The van der Waals surface area contributed by atoms with Crippen molar-refractivity contribution in [2.75, 3.05) is 6.54 Å². The van der Waals surface area contributed by atoms with Gasteiger partial charge in [-0.15, -0.1) is 0 Å². The Morgan fingerprint density at radius 3 is 2.71 bits per heavy atom. The predicted molar refractivity (Wildman–Crippen MR) is 69.6 cm³/mol. The predicted octanol–water partition coefficient (Wildman–Crippen LogP) is 2.51. The van der Waals surface area contributed by atoms with E-state index in [4.69, 9.17) is 0 Å². The van der Waals surface area contributed by atoms with Crippen LogP contribution in [0.1, 0.15) is 58.8 Å². The van der Waals surface area contributed by atoms with E-state index in [1.807, 2.05) is 6.92 Å². The Bertz CT molecular complexity index is 261. The molecule has 1 amide bonds. The molecule has 3 heteroatoms. The zero-order valence-electron chi connectivity index (χ0n) is 11.2. The van der Waals surface area contributed by atoms with Gasteiger partial charge in [0.1, 0.15) is 0 Å². The maximum absolute atomic E-state index is 12.0. The molecule has 0 bridgehead atoms. The van der Waals surface area contributed by atoms with E-state index in [0.29, 0.717) is 5.91 Å². The van der Waals surface area contributed by atoms with Crippen LogP contribution in [0, 0.1) is 5.92 Å². The molecule has 1 saturated carbocycles. The van der Waals surface area contributed by atoms with Gasteiger partial charge in [-0.05, 0) is 32.1 Å². The first-order valence-electron chi connectivity index (χ1n) is 7.29. The summed E-state index contributed by atoms with van der Waals surface area (Å²) in [5.74, 6) is 1.24. The van der Waals surface area contributed by atoms with Gasteiger partial charge in [-0.3, -0.25) is 10.1 Å². The molecule has 0 aromatic rings. The fourth-order valence-corrected chi connectivity index (χ4v) is 3.31. The average molecular weight is 238 g/mol. The van der Waals surface area contributed by atoms with Gasteiger partial charge in [0, 0.05) is 6.54 Å². The van der Waals surface area contributed by atoms with Gasteiger partial charge in [0.15, 0.2) is 0 Å². The molecule has 2 unspecified atom stereocenters.